The highest BCUT2D eigenvalue weighted by Crippen LogP contribution is 2.49. The average molecular weight is 1050 g/mol. The number of halogens is 1. The van der Waals surface area contributed by atoms with Crippen LogP contribution >= 0.6 is 11.3 Å². The van der Waals surface area contributed by atoms with Crippen LogP contribution in [0.1, 0.15) is 107 Å². The molecule has 19 heteroatoms. The number of carbonyl (C=O) groups excluding carboxylic acids is 3. The van der Waals surface area contributed by atoms with E-state index in [2.05, 4.69) is 70.1 Å². The molecule has 3 aromatic heterocycles. The Hall–Kier alpha value is -4.60. The van der Waals surface area contributed by atoms with Gasteiger partial charge in [0.05, 0.1) is 67.0 Å². The molecule has 0 radical (unpaired) electrons. The third-order valence-electron chi connectivity index (χ3n) is 17.4. The lowest BCUT2D eigenvalue weighted by molar-refractivity contribution is -0.157. The number of pyridine rings is 1. The standard InChI is InChI=1S/C56H74FN9O8S/c1-34(70-4)47-42(25-39(29-58-47)63-18-16-62(17-19-63)38-8-9-38)49-43-28-55(2,3)33-73-53(68)44-6-5-14-66(61-44)52(67)48(60-54(69)56-26-35(27-56)31-74-56)50(64-15-11-37(57)30-64)51-59-45(32-75-51)36-7-10-46(41(43)24-36)65(49)20-23-72-40-12-21-71-22-13-40/h7,10,24-25,29,32,34-35,37-38,40,44,48,50,61H,5-6,8-9,11-23,26-28,30-31,33H2,1-4H3,(H,60,69)/t34-,35?,37-,44-,48-,50-,56?/m0/s1. The summed E-state index contributed by atoms with van der Waals surface area (Å²) in [7, 11) is 1.73. The SMILES string of the molecule is CO[C@@H](C)c1ncc(N2CCN(C3CC3)CC2)cc1-c1c2c3cc(ccc3n1CCOC1CCOCC1)-c1csc(n1)[C@@H](N1CC[C@H](F)C1)[C@H](NC(=O)C13CC(CO1)C3)C(=O)N1CCC[C@H](N1)C(=O)OCC(C)(C)C2. The van der Waals surface area contributed by atoms with Crippen LogP contribution in [-0.4, -0.2) is 169 Å². The fraction of sp³-hybridized carbons (Fsp3) is 0.661. The second-order valence-corrected chi connectivity index (χ2v) is 24.2. The van der Waals surface area contributed by atoms with Crippen molar-refractivity contribution in [1.29, 1.82) is 0 Å². The Balaban J connectivity index is 1.00. The maximum atomic E-state index is 15.4. The predicted octanol–water partition coefficient (Wildman–Crippen LogP) is 6.38. The van der Waals surface area contributed by atoms with E-state index in [4.69, 9.17) is 33.7 Å². The summed E-state index contributed by atoms with van der Waals surface area (Å²) < 4.78 is 48.6. The first-order chi connectivity index (χ1) is 36.3. The van der Waals surface area contributed by atoms with Crippen LogP contribution in [0.4, 0.5) is 10.1 Å². The van der Waals surface area contributed by atoms with Crippen molar-refractivity contribution in [3.8, 4) is 22.5 Å². The van der Waals surface area contributed by atoms with E-state index in [0.29, 0.717) is 107 Å². The molecule has 4 aromatic rings. The summed E-state index contributed by atoms with van der Waals surface area (Å²) in [4.78, 5) is 61.5. The molecule has 2 saturated carbocycles. The highest BCUT2D eigenvalue weighted by molar-refractivity contribution is 7.10. The van der Waals surface area contributed by atoms with E-state index in [1.807, 2.05) is 16.5 Å². The molecule has 13 rings (SSSR count). The van der Waals surface area contributed by atoms with Gasteiger partial charge in [-0.1, -0.05) is 19.9 Å². The molecule has 7 aliphatic heterocycles. The van der Waals surface area contributed by atoms with Gasteiger partial charge in [-0.3, -0.25) is 34.2 Å². The summed E-state index contributed by atoms with van der Waals surface area (Å²) in [5.74, 6) is -0.904. The molecule has 1 aromatic carbocycles. The molecule has 8 bridgehead atoms. The van der Waals surface area contributed by atoms with Crippen LogP contribution in [0.3, 0.4) is 0 Å². The topological polar surface area (TPSA) is 165 Å². The van der Waals surface area contributed by atoms with E-state index in [1.54, 1.807) is 7.11 Å². The number of aromatic nitrogens is 3. The number of nitrogens with one attached hydrogen (secondary N) is 2. The average Bonchev–Trinajstić information content (AvgIpc) is 3.81. The fourth-order valence-corrected chi connectivity index (χ4v) is 13.9. The lowest BCUT2D eigenvalue weighted by Gasteiger charge is -2.41. The van der Waals surface area contributed by atoms with E-state index in [0.717, 1.165) is 83.7 Å². The first-order valence-electron chi connectivity index (χ1n) is 27.7. The van der Waals surface area contributed by atoms with Crippen molar-refractivity contribution in [3.05, 3.63) is 52.1 Å². The molecule has 10 heterocycles. The number of nitrogens with zero attached hydrogens (tertiary/aromatic N) is 7. The Morgan fingerprint density at radius 1 is 1.01 bits per heavy atom. The Morgan fingerprint density at radius 3 is 2.56 bits per heavy atom. The fourth-order valence-electron chi connectivity index (χ4n) is 12.9. The monoisotopic (exact) mass is 1050 g/mol. The smallest absolute Gasteiger partial charge is 0.324 e. The minimum Gasteiger partial charge on any atom is -0.464 e. The van der Waals surface area contributed by atoms with Gasteiger partial charge in [-0.2, -0.15) is 0 Å². The van der Waals surface area contributed by atoms with Gasteiger partial charge in [-0.05, 0) is 101 Å². The molecule has 2 aliphatic carbocycles. The number of hydrazine groups is 1. The molecule has 0 spiro atoms. The molecule has 0 unspecified atom stereocenters. The number of rotatable bonds is 12. The molecule has 5 atom stereocenters. The van der Waals surface area contributed by atoms with Crippen LogP contribution in [0.15, 0.2) is 35.8 Å². The summed E-state index contributed by atoms with van der Waals surface area (Å²) in [6.45, 7) is 14.0. The van der Waals surface area contributed by atoms with Gasteiger partial charge in [0.1, 0.15) is 28.9 Å². The highest BCUT2D eigenvalue weighted by Gasteiger charge is 2.58. The number of alkyl halides is 1. The van der Waals surface area contributed by atoms with E-state index < -0.39 is 47.2 Å². The zero-order chi connectivity index (χ0) is 51.6. The lowest BCUT2D eigenvalue weighted by Crippen LogP contribution is -2.64. The second-order valence-electron chi connectivity index (χ2n) is 23.3. The zero-order valence-electron chi connectivity index (χ0n) is 44.0. The zero-order valence-corrected chi connectivity index (χ0v) is 44.8. The van der Waals surface area contributed by atoms with Crippen molar-refractivity contribution < 1.29 is 42.5 Å². The lowest BCUT2D eigenvalue weighted by atomic mass is 9.74. The molecule has 2 amide bonds. The van der Waals surface area contributed by atoms with Gasteiger partial charge in [0, 0.05) is 112 Å². The number of piperazine rings is 1. The maximum Gasteiger partial charge on any atom is 0.324 e. The van der Waals surface area contributed by atoms with E-state index >= 15 is 9.18 Å². The first kappa shape index (κ1) is 51.2. The largest absolute Gasteiger partial charge is 0.464 e. The number of amides is 2. The first-order valence-corrected chi connectivity index (χ1v) is 28.6. The minimum absolute atomic E-state index is 0.0847. The van der Waals surface area contributed by atoms with Gasteiger partial charge in [-0.25, -0.2) is 14.8 Å². The Bertz CT molecular complexity index is 2760. The van der Waals surface area contributed by atoms with Gasteiger partial charge in [0.15, 0.2) is 0 Å². The number of carbonyl (C=O) groups is 3. The number of hydrogen-bond acceptors (Lipinski definition) is 15. The number of benzene rings is 1. The predicted molar refractivity (Wildman–Crippen MR) is 282 cm³/mol. The number of anilines is 1. The second kappa shape index (κ2) is 21.0. The molecule has 17 nitrogen and oxygen atoms in total. The van der Waals surface area contributed by atoms with Gasteiger partial charge < -0.3 is 38.5 Å². The molecule has 404 valence electrons. The van der Waals surface area contributed by atoms with Crippen molar-refractivity contribution in [2.24, 2.45) is 11.3 Å². The van der Waals surface area contributed by atoms with Crippen LogP contribution in [0, 0.1) is 11.3 Å². The van der Waals surface area contributed by atoms with Crippen molar-refractivity contribution in [2.45, 2.75) is 140 Å². The summed E-state index contributed by atoms with van der Waals surface area (Å²) in [6, 6.07) is 6.76. The Morgan fingerprint density at radius 2 is 1.83 bits per heavy atom. The highest BCUT2D eigenvalue weighted by atomic mass is 32.1. The molecular formula is C56H74FN9O8S. The quantitative estimate of drug-likeness (QED) is 0.150. The number of hydrogen-bond donors (Lipinski definition) is 2. The molecule has 6 saturated heterocycles. The van der Waals surface area contributed by atoms with Crippen LogP contribution in [0.5, 0.6) is 0 Å². The normalized spacial score (nSPS) is 29.3. The summed E-state index contributed by atoms with van der Waals surface area (Å²) >= 11 is 1.41. The molecule has 9 aliphatic rings. The van der Waals surface area contributed by atoms with Crippen molar-refractivity contribution >= 4 is 45.7 Å². The van der Waals surface area contributed by atoms with Gasteiger partial charge in [0.25, 0.3) is 11.8 Å². The third-order valence-corrected chi connectivity index (χ3v) is 18.3. The minimum atomic E-state index is -1.16. The number of likely N-dealkylation sites (tertiary alicyclic amines) is 1. The Labute approximate surface area is 443 Å². The summed E-state index contributed by atoms with van der Waals surface area (Å²) in [5.41, 5.74) is 9.26. The number of cyclic esters (lactones) is 1. The summed E-state index contributed by atoms with van der Waals surface area (Å²) in [6.07, 6.45) is 7.98. The Kier molecular flexibility index (Phi) is 14.3. The van der Waals surface area contributed by atoms with Crippen LogP contribution < -0.4 is 15.6 Å². The maximum absolute atomic E-state index is 15.4. The number of methoxy groups -OCH3 is 1. The van der Waals surface area contributed by atoms with Crippen molar-refractivity contribution in [1.82, 2.24) is 40.1 Å². The van der Waals surface area contributed by atoms with E-state index in [9.17, 15) is 9.59 Å². The van der Waals surface area contributed by atoms with E-state index in [-0.39, 0.29) is 31.3 Å². The van der Waals surface area contributed by atoms with Gasteiger partial charge in [0.2, 0.25) is 0 Å². The summed E-state index contributed by atoms with van der Waals surface area (Å²) in [5, 5.41) is 8.25. The number of thiazole rings is 1. The van der Waals surface area contributed by atoms with Crippen molar-refractivity contribution in [2.75, 3.05) is 90.9 Å². The van der Waals surface area contributed by atoms with Gasteiger partial charge >= 0.3 is 5.97 Å². The van der Waals surface area contributed by atoms with Crippen LogP contribution in [0.2, 0.25) is 0 Å². The van der Waals surface area contributed by atoms with E-state index in [1.165, 1.54) is 29.2 Å². The molecule has 75 heavy (non-hydrogen) atoms. The molecule has 8 fully saturated rings. The number of fused-ring (bicyclic) bond motifs is 7. The number of ether oxygens (including phenoxy) is 5. The van der Waals surface area contributed by atoms with Crippen molar-refractivity contribution in [3.63, 3.8) is 0 Å². The molecule has 2 N–H and O–H groups in total. The van der Waals surface area contributed by atoms with Gasteiger partial charge in [-0.15, -0.1) is 11.3 Å². The molecular weight excluding hydrogens is 978 g/mol. The third kappa shape index (κ3) is 10.2. The number of esters is 1. The van der Waals surface area contributed by atoms with Crippen LogP contribution in [0.25, 0.3) is 33.4 Å². The van der Waals surface area contributed by atoms with Crippen LogP contribution in [-0.2, 0) is 51.0 Å².